The minimum absolute atomic E-state index is 0.288. The number of hydrogen-bond acceptors (Lipinski definition) is 4. The summed E-state index contributed by atoms with van der Waals surface area (Å²) in [6.45, 7) is 12.4. The molecule has 6 heteroatoms. The highest BCUT2D eigenvalue weighted by molar-refractivity contribution is 8.00. The number of ether oxygens (including phenoxy) is 1. The van der Waals surface area contributed by atoms with E-state index in [9.17, 15) is 0 Å². The number of thioether (sulfide) groups is 1. The molecule has 2 fully saturated rings. The van der Waals surface area contributed by atoms with E-state index < -0.39 is 0 Å². The fourth-order valence-corrected chi connectivity index (χ4v) is 5.42. The maximum absolute atomic E-state index is 5.60. The highest BCUT2D eigenvalue weighted by atomic mass is 32.2. The second-order valence-electron chi connectivity index (χ2n) is 7.88. The van der Waals surface area contributed by atoms with Crippen molar-refractivity contribution in [1.29, 1.82) is 0 Å². The number of piperazine rings is 1. The topological polar surface area (TPSA) is 40.1 Å². The lowest BCUT2D eigenvalue weighted by atomic mass is 9.99. The van der Waals surface area contributed by atoms with Crippen molar-refractivity contribution in [3.8, 4) is 0 Å². The van der Waals surface area contributed by atoms with E-state index >= 15 is 0 Å². The molecule has 2 aliphatic rings. The largest absolute Gasteiger partial charge is 0.381 e. The number of aliphatic imine (C=N–C) groups is 1. The average molecular weight is 405 g/mol. The molecule has 0 saturated carbocycles. The monoisotopic (exact) mass is 404 g/mol. The number of hydrogen-bond donors (Lipinski definition) is 1. The Kier molecular flexibility index (Phi) is 8.06. The number of benzene rings is 1. The highest BCUT2D eigenvalue weighted by Gasteiger charge is 2.33. The Balaban J connectivity index is 1.49. The molecule has 1 aromatic rings. The molecule has 0 amide bonds. The van der Waals surface area contributed by atoms with Gasteiger partial charge >= 0.3 is 0 Å². The predicted octanol–water partition coefficient (Wildman–Crippen LogP) is 2.99. The average Bonchev–Trinajstić information content (AvgIpc) is 2.71. The number of rotatable bonds is 6. The van der Waals surface area contributed by atoms with Gasteiger partial charge in [-0.15, -0.1) is 0 Å². The molecule has 2 heterocycles. The van der Waals surface area contributed by atoms with Crippen LogP contribution in [0, 0.1) is 6.92 Å². The molecule has 0 spiro atoms. The smallest absolute Gasteiger partial charge is 0.193 e. The van der Waals surface area contributed by atoms with Crippen LogP contribution in [0.25, 0.3) is 0 Å². The van der Waals surface area contributed by atoms with Gasteiger partial charge in [0.1, 0.15) is 0 Å². The van der Waals surface area contributed by atoms with Crippen molar-refractivity contribution in [1.82, 2.24) is 15.1 Å². The van der Waals surface area contributed by atoms with Gasteiger partial charge in [0, 0.05) is 64.3 Å². The molecule has 5 nitrogen and oxygen atoms in total. The van der Waals surface area contributed by atoms with E-state index in [1.54, 1.807) is 0 Å². The molecule has 3 rings (SSSR count). The molecule has 1 aromatic carbocycles. The van der Waals surface area contributed by atoms with E-state index in [4.69, 9.17) is 4.74 Å². The molecular formula is C22H36N4OS. The Morgan fingerprint density at radius 3 is 2.61 bits per heavy atom. The second kappa shape index (κ2) is 10.5. The van der Waals surface area contributed by atoms with Crippen molar-refractivity contribution >= 4 is 17.7 Å². The summed E-state index contributed by atoms with van der Waals surface area (Å²) in [5, 5.41) is 3.69. The minimum Gasteiger partial charge on any atom is -0.381 e. The SMILES string of the molecule is CCSC1(CNC(=NC)N2CCN(Cc3cccc(C)c3)CC2)CCOCC1. The van der Waals surface area contributed by atoms with Gasteiger partial charge in [0.15, 0.2) is 5.96 Å². The lowest BCUT2D eigenvalue weighted by Crippen LogP contribution is -2.54. The molecule has 0 aromatic heterocycles. The Bertz CT molecular complexity index is 632. The van der Waals surface area contributed by atoms with Gasteiger partial charge in [0.25, 0.3) is 0 Å². The molecule has 1 N–H and O–H groups in total. The van der Waals surface area contributed by atoms with Gasteiger partial charge in [-0.3, -0.25) is 9.89 Å². The number of guanidine groups is 1. The van der Waals surface area contributed by atoms with Crippen molar-refractivity contribution < 1.29 is 4.74 Å². The molecule has 2 saturated heterocycles. The quantitative estimate of drug-likeness (QED) is 0.583. The maximum Gasteiger partial charge on any atom is 0.193 e. The highest BCUT2D eigenvalue weighted by Crippen LogP contribution is 2.34. The molecule has 0 bridgehead atoms. The molecular weight excluding hydrogens is 368 g/mol. The Morgan fingerprint density at radius 2 is 1.96 bits per heavy atom. The van der Waals surface area contributed by atoms with Crippen molar-refractivity contribution in [2.75, 3.05) is 58.7 Å². The van der Waals surface area contributed by atoms with Crippen molar-refractivity contribution in [3.63, 3.8) is 0 Å². The molecule has 0 aliphatic carbocycles. The fraction of sp³-hybridized carbons (Fsp3) is 0.682. The van der Waals surface area contributed by atoms with Crippen LogP contribution in [0.3, 0.4) is 0 Å². The van der Waals surface area contributed by atoms with Crippen molar-refractivity contribution in [3.05, 3.63) is 35.4 Å². The zero-order chi connectivity index (χ0) is 19.8. The lowest BCUT2D eigenvalue weighted by molar-refractivity contribution is 0.0779. The van der Waals surface area contributed by atoms with Crippen LogP contribution >= 0.6 is 11.8 Å². The third kappa shape index (κ3) is 5.88. The number of nitrogens with one attached hydrogen (secondary N) is 1. The standard InChI is InChI=1S/C22H36N4OS/c1-4-28-22(8-14-27-15-9-22)18-24-21(23-3)26-12-10-25(11-13-26)17-20-7-5-6-19(2)16-20/h5-7,16H,4,8-15,17-18H2,1-3H3,(H,23,24). The van der Waals surface area contributed by atoms with Crippen LogP contribution < -0.4 is 5.32 Å². The van der Waals surface area contributed by atoms with Crippen molar-refractivity contribution in [2.24, 2.45) is 4.99 Å². The van der Waals surface area contributed by atoms with Gasteiger partial charge in [0.05, 0.1) is 0 Å². The van der Waals surface area contributed by atoms with Gasteiger partial charge < -0.3 is 15.0 Å². The van der Waals surface area contributed by atoms with Crippen LogP contribution in [-0.4, -0.2) is 79.2 Å². The Hall–Kier alpha value is -1.24. The summed E-state index contributed by atoms with van der Waals surface area (Å²) in [5.74, 6) is 2.20. The van der Waals surface area contributed by atoms with Gasteiger partial charge in [-0.05, 0) is 31.1 Å². The van der Waals surface area contributed by atoms with Gasteiger partial charge in [0.2, 0.25) is 0 Å². The summed E-state index contributed by atoms with van der Waals surface area (Å²) in [7, 11) is 1.91. The van der Waals surface area contributed by atoms with Gasteiger partial charge in [-0.25, -0.2) is 0 Å². The lowest BCUT2D eigenvalue weighted by Gasteiger charge is -2.40. The third-order valence-electron chi connectivity index (χ3n) is 5.80. The molecule has 28 heavy (non-hydrogen) atoms. The van der Waals surface area contributed by atoms with Crippen LogP contribution in [0.5, 0.6) is 0 Å². The summed E-state index contributed by atoms with van der Waals surface area (Å²) in [6.07, 6.45) is 2.25. The van der Waals surface area contributed by atoms with Crippen LogP contribution in [0.15, 0.2) is 29.3 Å². The Morgan fingerprint density at radius 1 is 1.21 bits per heavy atom. The van der Waals surface area contributed by atoms with E-state index in [1.165, 1.54) is 11.1 Å². The molecule has 0 atom stereocenters. The summed E-state index contributed by atoms with van der Waals surface area (Å²) in [4.78, 5) is 9.54. The molecule has 156 valence electrons. The van der Waals surface area contributed by atoms with Crippen LogP contribution in [0.4, 0.5) is 0 Å². The maximum atomic E-state index is 5.60. The van der Waals surface area contributed by atoms with Crippen LogP contribution in [-0.2, 0) is 11.3 Å². The zero-order valence-electron chi connectivity index (χ0n) is 17.7. The first-order chi connectivity index (χ1) is 13.6. The van der Waals surface area contributed by atoms with E-state index in [1.807, 2.05) is 7.05 Å². The zero-order valence-corrected chi connectivity index (χ0v) is 18.6. The fourth-order valence-electron chi connectivity index (χ4n) is 4.18. The predicted molar refractivity (Wildman–Crippen MR) is 120 cm³/mol. The summed E-state index contributed by atoms with van der Waals surface area (Å²) >= 11 is 2.08. The summed E-state index contributed by atoms with van der Waals surface area (Å²) in [5.41, 5.74) is 2.75. The first kappa shape index (κ1) is 21.5. The van der Waals surface area contributed by atoms with E-state index in [-0.39, 0.29) is 4.75 Å². The second-order valence-corrected chi connectivity index (χ2v) is 9.61. The van der Waals surface area contributed by atoms with E-state index in [0.29, 0.717) is 0 Å². The normalized spacial score (nSPS) is 21.0. The van der Waals surface area contributed by atoms with Gasteiger partial charge in [-0.2, -0.15) is 11.8 Å². The molecule has 0 unspecified atom stereocenters. The number of nitrogens with zero attached hydrogens (tertiary/aromatic N) is 3. The van der Waals surface area contributed by atoms with E-state index in [2.05, 4.69) is 70.0 Å². The third-order valence-corrected chi connectivity index (χ3v) is 7.25. The molecule has 0 radical (unpaired) electrons. The minimum atomic E-state index is 0.288. The van der Waals surface area contributed by atoms with Gasteiger partial charge in [-0.1, -0.05) is 36.8 Å². The Labute approximate surface area is 174 Å². The summed E-state index contributed by atoms with van der Waals surface area (Å²) < 4.78 is 5.89. The first-order valence-corrected chi connectivity index (χ1v) is 11.6. The summed E-state index contributed by atoms with van der Waals surface area (Å²) in [6, 6.07) is 8.86. The van der Waals surface area contributed by atoms with Crippen LogP contribution in [0.2, 0.25) is 0 Å². The van der Waals surface area contributed by atoms with Crippen LogP contribution in [0.1, 0.15) is 30.9 Å². The molecule has 2 aliphatic heterocycles. The van der Waals surface area contributed by atoms with E-state index in [0.717, 1.165) is 77.0 Å². The first-order valence-electron chi connectivity index (χ1n) is 10.6. The number of aryl methyl sites for hydroxylation is 1. The van der Waals surface area contributed by atoms with Crippen molar-refractivity contribution in [2.45, 2.75) is 38.0 Å².